The van der Waals surface area contributed by atoms with E-state index >= 15 is 0 Å². The van der Waals surface area contributed by atoms with Crippen molar-refractivity contribution in [2.24, 2.45) is 0 Å². The van der Waals surface area contributed by atoms with Crippen LogP contribution in [-0.4, -0.2) is 39.1 Å². The molecule has 7 heteroatoms. The molecule has 0 spiro atoms. The lowest BCUT2D eigenvalue weighted by Crippen LogP contribution is -2.45. The van der Waals surface area contributed by atoms with Gasteiger partial charge in [-0.25, -0.2) is 4.79 Å². The normalized spacial score (nSPS) is 23.3. The minimum atomic E-state index is -0.950. The number of aliphatic carboxylic acids is 1. The second-order valence-electron chi connectivity index (χ2n) is 3.87. The predicted molar refractivity (Wildman–Crippen MR) is 73.5 cm³/mol. The van der Waals surface area contributed by atoms with E-state index in [1.54, 1.807) is 12.1 Å². The first kappa shape index (κ1) is 13.7. The summed E-state index contributed by atoms with van der Waals surface area (Å²) < 4.78 is 0.533. The molecule has 1 N–H and O–H groups in total. The van der Waals surface area contributed by atoms with Gasteiger partial charge in [0.05, 0.1) is 14.6 Å². The fourth-order valence-electron chi connectivity index (χ4n) is 1.90. The van der Waals surface area contributed by atoms with Crippen LogP contribution >= 0.6 is 34.7 Å². The summed E-state index contributed by atoms with van der Waals surface area (Å²) >= 11 is 8.50. The number of carbonyl (C=O) groups excluding carboxylic acids is 1. The van der Waals surface area contributed by atoms with Crippen LogP contribution in [-0.2, 0) is 4.79 Å². The fourth-order valence-corrected chi connectivity index (χ4v) is 4.23. The van der Waals surface area contributed by atoms with Gasteiger partial charge in [-0.2, -0.15) is 0 Å². The Morgan fingerprint density at radius 3 is 2.78 bits per heavy atom. The largest absolute Gasteiger partial charge is 0.480 e. The number of thiophene rings is 1. The summed E-state index contributed by atoms with van der Waals surface area (Å²) in [6.07, 6.45) is 0.735. The van der Waals surface area contributed by atoms with E-state index in [9.17, 15) is 9.59 Å². The molecule has 1 fully saturated rings. The molecule has 0 bridgehead atoms. The lowest BCUT2D eigenvalue weighted by molar-refractivity contribution is -0.141. The van der Waals surface area contributed by atoms with Crippen LogP contribution in [0.3, 0.4) is 0 Å². The predicted octanol–water partition coefficient (Wildman–Crippen LogP) is 2.78. The van der Waals surface area contributed by atoms with E-state index in [1.807, 2.05) is 6.92 Å². The molecule has 1 aliphatic rings. The van der Waals surface area contributed by atoms with E-state index in [-0.39, 0.29) is 11.3 Å². The van der Waals surface area contributed by atoms with Gasteiger partial charge in [-0.3, -0.25) is 4.79 Å². The van der Waals surface area contributed by atoms with E-state index in [1.165, 1.54) is 28.0 Å². The molecule has 98 valence electrons. The zero-order chi connectivity index (χ0) is 13.3. The number of carboxylic acids is 1. The van der Waals surface area contributed by atoms with Crippen molar-refractivity contribution >= 4 is 46.6 Å². The minimum Gasteiger partial charge on any atom is -0.480 e. The molecular weight excluding hydrogens is 294 g/mol. The lowest BCUT2D eigenvalue weighted by atomic mass is 10.2. The highest BCUT2D eigenvalue weighted by Gasteiger charge is 2.41. The van der Waals surface area contributed by atoms with Crippen molar-refractivity contribution in [3.8, 4) is 0 Å². The average Bonchev–Trinajstić information content (AvgIpc) is 2.93. The summed E-state index contributed by atoms with van der Waals surface area (Å²) in [6, 6.07) is 2.55. The number of nitrogens with zero attached hydrogens (tertiary/aromatic N) is 1. The summed E-state index contributed by atoms with van der Waals surface area (Å²) in [4.78, 5) is 25.5. The molecular formula is C11H12ClNO3S2. The molecule has 0 aliphatic carbocycles. The molecule has 2 atom stereocenters. The van der Waals surface area contributed by atoms with Gasteiger partial charge in [-0.15, -0.1) is 23.1 Å². The Bertz CT molecular complexity index is 477. The number of rotatable bonds is 3. The van der Waals surface area contributed by atoms with Gasteiger partial charge in [0.15, 0.2) is 0 Å². The third-order valence-corrected chi connectivity index (χ3v) is 5.42. The van der Waals surface area contributed by atoms with Gasteiger partial charge in [0.25, 0.3) is 5.91 Å². The molecule has 1 amide bonds. The summed E-state index contributed by atoms with van der Waals surface area (Å²) in [6.45, 7) is 1.95. The maximum Gasteiger partial charge on any atom is 0.327 e. The Balaban J connectivity index is 2.27. The zero-order valence-electron chi connectivity index (χ0n) is 9.63. The number of amides is 1. The van der Waals surface area contributed by atoms with Crippen molar-refractivity contribution in [2.75, 3.05) is 5.75 Å². The maximum atomic E-state index is 12.3. The third-order valence-electron chi connectivity index (χ3n) is 2.75. The molecule has 18 heavy (non-hydrogen) atoms. The van der Waals surface area contributed by atoms with Crippen LogP contribution in [0.5, 0.6) is 0 Å². The standard InChI is InChI=1S/C11H12ClNO3S2/c1-2-9-13(6(5-17-9)11(15)16)10(14)7-3-4-8(12)18-7/h3-4,6,9H,2,5H2,1H3,(H,15,16). The summed E-state index contributed by atoms with van der Waals surface area (Å²) in [5.41, 5.74) is 0. The average molecular weight is 306 g/mol. The van der Waals surface area contributed by atoms with Crippen LogP contribution in [0.25, 0.3) is 0 Å². The van der Waals surface area contributed by atoms with Gasteiger partial charge in [0.1, 0.15) is 6.04 Å². The van der Waals surface area contributed by atoms with Crippen molar-refractivity contribution in [1.82, 2.24) is 4.90 Å². The number of thioether (sulfide) groups is 1. The van der Waals surface area contributed by atoms with Crippen molar-refractivity contribution < 1.29 is 14.7 Å². The lowest BCUT2D eigenvalue weighted by Gasteiger charge is -2.26. The summed E-state index contributed by atoms with van der Waals surface area (Å²) in [7, 11) is 0. The van der Waals surface area contributed by atoms with Gasteiger partial charge in [0.2, 0.25) is 0 Å². The van der Waals surface area contributed by atoms with Crippen molar-refractivity contribution in [3.63, 3.8) is 0 Å². The molecule has 1 saturated heterocycles. The zero-order valence-corrected chi connectivity index (χ0v) is 12.0. The third kappa shape index (κ3) is 2.50. The molecule has 0 aromatic carbocycles. The quantitative estimate of drug-likeness (QED) is 0.933. The first-order valence-corrected chi connectivity index (χ1v) is 7.71. The molecule has 1 aliphatic heterocycles. The fraction of sp³-hybridized carbons (Fsp3) is 0.455. The van der Waals surface area contributed by atoms with Gasteiger partial charge < -0.3 is 10.0 Å². The first-order chi connectivity index (χ1) is 8.54. The minimum absolute atomic E-state index is 0.0699. The Hall–Kier alpha value is -0.720. The van der Waals surface area contributed by atoms with Crippen LogP contribution in [0, 0.1) is 0 Å². The maximum absolute atomic E-state index is 12.3. The van der Waals surface area contributed by atoms with Crippen LogP contribution < -0.4 is 0 Å². The van der Waals surface area contributed by atoms with E-state index < -0.39 is 12.0 Å². The molecule has 4 nitrogen and oxygen atoms in total. The molecule has 0 saturated carbocycles. The number of carbonyl (C=O) groups is 2. The number of carboxylic acid groups (broad SMARTS) is 1. The second kappa shape index (κ2) is 5.50. The molecule has 1 aromatic heterocycles. The Morgan fingerprint density at radius 1 is 1.56 bits per heavy atom. The Labute approximate surface area is 118 Å². The van der Waals surface area contributed by atoms with E-state index in [0.717, 1.165) is 6.42 Å². The van der Waals surface area contributed by atoms with Crippen molar-refractivity contribution in [1.29, 1.82) is 0 Å². The van der Waals surface area contributed by atoms with Crippen LogP contribution in [0.15, 0.2) is 12.1 Å². The highest BCUT2D eigenvalue weighted by molar-refractivity contribution is 8.00. The monoisotopic (exact) mass is 305 g/mol. The highest BCUT2D eigenvalue weighted by atomic mass is 35.5. The molecule has 2 unspecified atom stereocenters. The van der Waals surface area contributed by atoms with Crippen molar-refractivity contribution in [2.45, 2.75) is 24.8 Å². The highest BCUT2D eigenvalue weighted by Crippen LogP contribution is 2.34. The van der Waals surface area contributed by atoms with Gasteiger partial charge >= 0.3 is 5.97 Å². The molecule has 2 heterocycles. The summed E-state index contributed by atoms with van der Waals surface area (Å²) in [5.74, 6) is -0.746. The van der Waals surface area contributed by atoms with E-state index in [4.69, 9.17) is 16.7 Å². The first-order valence-electron chi connectivity index (χ1n) is 5.47. The Kier molecular flexibility index (Phi) is 4.19. The SMILES string of the molecule is CCC1SCC(C(=O)O)N1C(=O)c1ccc(Cl)s1. The molecule has 2 rings (SSSR count). The van der Waals surface area contributed by atoms with Gasteiger partial charge in [-0.1, -0.05) is 18.5 Å². The van der Waals surface area contributed by atoms with E-state index in [0.29, 0.717) is 15.0 Å². The smallest absolute Gasteiger partial charge is 0.327 e. The van der Waals surface area contributed by atoms with Crippen LogP contribution in [0.4, 0.5) is 0 Å². The molecule has 0 radical (unpaired) electrons. The second-order valence-corrected chi connectivity index (χ2v) is 6.79. The Morgan fingerprint density at radius 2 is 2.28 bits per heavy atom. The number of halogens is 1. The van der Waals surface area contributed by atoms with E-state index in [2.05, 4.69) is 0 Å². The number of hydrogen-bond donors (Lipinski definition) is 1. The van der Waals surface area contributed by atoms with Crippen molar-refractivity contribution in [3.05, 3.63) is 21.3 Å². The number of hydrogen-bond acceptors (Lipinski definition) is 4. The van der Waals surface area contributed by atoms with Crippen LogP contribution in [0.2, 0.25) is 4.34 Å². The van der Waals surface area contributed by atoms with Crippen LogP contribution in [0.1, 0.15) is 23.0 Å². The topological polar surface area (TPSA) is 57.6 Å². The van der Waals surface area contributed by atoms with Gasteiger partial charge in [-0.05, 0) is 18.6 Å². The van der Waals surface area contributed by atoms with Gasteiger partial charge in [0, 0.05) is 5.75 Å². The summed E-state index contributed by atoms with van der Waals surface area (Å²) in [5, 5.41) is 9.10. The molecule has 1 aromatic rings.